The highest BCUT2D eigenvalue weighted by Gasteiger charge is 2.34. The van der Waals surface area contributed by atoms with E-state index in [0.29, 0.717) is 0 Å². The fourth-order valence-electron chi connectivity index (χ4n) is 3.67. The van der Waals surface area contributed by atoms with E-state index in [1.165, 1.54) is 12.1 Å². The number of fused-ring (bicyclic) bond motifs is 3. The lowest BCUT2D eigenvalue weighted by molar-refractivity contribution is -0.385. The third-order valence-electron chi connectivity index (χ3n) is 4.92. The first kappa shape index (κ1) is 16.7. The van der Waals surface area contributed by atoms with Gasteiger partial charge in [0.25, 0.3) is 11.4 Å². The minimum atomic E-state index is -0.425. The monoisotopic (exact) mass is 361 g/mol. The Balaban J connectivity index is 1.93. The lowest BCUT2D eigenvalue weighted by Gasteiger charge is -2.28. The number of benzene rings is 3. The molecule has 0 heterocycles. The van der Waals surface area contributed by atoms with Crippen molar-refractivity contribution in [3.63, 3.8) is 0 Å². The third kappa shape index (κ3) is 2.69. The van der Waals surface area contributed by atoms with Crippen molar-refractivity contribution in [2.45, 2.75) is 6.04 Å². The van der Waals surface area contributed by atoms with E-state index in [2.05, 4.69) is 0 Å². The summed E-state index contributed by atoms with van der Waals surface area (Å²) in [4.78, 5) is 23.7. The number of nitro benzene ring substituents is 2. The predicted molar refractivity (Wildman–Crippen MR) is 102 cm³/mol. The first-order valence-corrected chi connectivity index (χ1v) is 8.32. The Morgan fingerprint density at radius 3 is 1.70 bits per heavy atom. The fourth-order valence-corrected chi connectivity index (χ4v) is 3.67. The molecule has 7 nitrogen and oxygen atoms in total. The molecule has 1 aliphatic rings. The maximum absolute atomic E-state index is 11.3. The number of para-hydroxylation sites is 1. The summed E-state index contributed by atoms with van der Waals surface area (Å²) in [7, 11) is 1.89. The van der Waals surface area contributed by atoms with Gasteiger partial charge in [-0.2, -0.15) is 0 Å². The van der Waals surface area contributed by atoms with E-state index in [-0.39, 0.29) is 17.4 Å². The molecule has 0 fully saturated rings. The summed E-state index contributed by atoms with van der Waals surface area (Å²) >= 11 is 0. The van der Waals surface area contributed by atoms with Crippen molar-refractivity contribution < 1.29 is 9.85 Å². The molecule has 0 atom stereocenters. The standard InChI is InChI=1S/C20H15N3O4/c1-21(13-5-3-2-4-6-13)20-18-11-14(22(24)25)7-9-16(18)17-10-8-15(23(26)27)12-19(17)20/h2-12,20H,1H3. The molecule has 134 valence electrons. The van der Waals surface area contributed by atoms with Gasteiger partial charge >= 0.3 is 0 Å². The van der Waals surface area contributed by atoms with E-state index in [0.717, 1.165) is 27.9 Å². The highest BCUT2D eigenvalue weighted by molar-refractivity contribution is 5.82. The van der Waals surface area contributed by atoms with E-state index in [4.69, 9.17) is 0 Å². The molecule has 4 rings (SSSR count). The summed E-state index contributed by atoms with van der Waals surface area (Å²) in [6, 6.07) is 18.7. The van der Waals surface area contributed by atoms with Crippen LogP contribution in [0.25, 0.3) is 11.1 Å². The van der Waals surface area contributed by atoms with Crippen LogP contribution < -0.4 is 4.90 Å². The first-order chi connectivity index (χ1) is 13.0. The van der Waals surface area contributed by atoms with Crippen molar-refractivity contribution in [3.8, 4) is 11.1 Å². The normalized spacial score (nSPS) is 12.3. The van der Waals surface area contributed by atoms with Crippen LogP contribution in [0.1, 0.15) is 17.2 Å². The van der Waals surface area contributed by atoms with Gasteiger partial charge in [0.05, 0.1) is 15.9 Å². The van der Waals surface area contributed by atoms with Crippen LogP contribution in [0.5, 0.6) is 0 Å². The Labute approximate surface area is 154 Å². The average Bonchev–Trinajstić information content (AvgIpc) is 3.00. The smallest absolute Gasteiger partial charge is 0.269 e. The van der Waals surface area contributed by atoms with Crippen LogP contribution in [0, 0.1) is 20.2 Å². The Morgan fingerprint density at radius 2 is 1.26 bits per heavy atom. The molecule has 0 unspecified atom stereocenters. The molecule has 7 heteroatoms. The van der Waals surface area contributed by atoms with Gasteiger partial charge < -0.3 is 4.90 Å². The van der Waals surface area contributed by atoms with Gasteiger partial charge in [-0.3, -0.25) is 20.2 Å². The summed E-state index contributed by atoms with van der Waals surface area (Å²) in [5.41, 5.74) is 4.18. The Hall–Kier alpha value is -3.74. The number of rotatable bonds is 4. The second kappa shape index (κ2) is 6.21. The van der Waals surface area contributed by atoms with Crippen molar-refractivity contribution in [2.75, 3.05) is 11.9 Å². The highest BCUT2D eigenvalue weighted by Crippen LogP contribution is 2.49. The van der Waals surface area contributed by atoms with Gasteiger partial charge in [0.15, 0.2) is 0 Å². The zero-order valence-electron chi connectivity index (χ0n) is 14.4. The molecule has 3 aromatic rings. The Morgan fingerprint density at radius 1 is 0.778 bits per heavy atom. The molecule has 3 aromatic carbocycles. The van der Waals surface area contributed by atoms with Crippen LogP contribution in [-0.4, -0.2) is 16.9 Å². The van der Waals surface area contributed by atoms with Crippen LogP contribution in [0.4, 0.5) is 17.1 Å². The van der Waals surface area contributed by atoms with Crippen molar-refractivity contribution in [1.29, 1.82) is 0 Å². The molecular formula is C20H15N3O4. The van der Waals surface area contributed by atoms with E-state index >= 15 is 0 Å². The highest BCUT2D eigenvalue weighted by atomic mass is 16.6. The van der Waals surface area contributed by atoms with E-state index in [1.807, 2.05) is 42.3 Å². The van der Waals surface area contributed by atoms with Crippen LogP contribution in [0.15, 0.2) is 66.7 Å². The number of hydrogen-bond acceptors (Lipinski definition) is 5. The molecule has 0 saturated carbocycles. The Bertz CT molecular complexity index is 1000. The zero-order chi connectivity index (χ0) is 19.1. The minimum absolute atomic E-state index is 0.00233. The Kier molecular flexibility index (Phi) is 3.84. The van der Waals surface area contributed by atoms with Gasteiger partial charge in [-0.25, -0.2) is 0 Å². The number of nitro groups is 2. The van der Waals surface area contributed by atoms with Gasteiger partial charge in [0.2, 0.25) is 0 Å². The summed E-state index contributed by atoms with van der Waals surface area (Å²) < 4.78 is 0. The third-order valence-corrected chi connectivity index (χ3v) is 4.92. The maximum atomic E-state index is 11.3. The molecule has 0 bridgehead atoms. The lowest BCUT2D eigenvalue weighted by Crippen LogP contribution is -2.23. The molecular weight excluding hydrogens is 346 g/mol. The van der Waals surface area contributed by atoms with Gasteiger partial charge in [-0.1, -0.05) is 18.2 Å². The topological polar surface area (TPSA) is 89.5 Å². The molecule has 27 heavy (non-hydrogen) atoms. The zero-order valence-corrected chi connectivity index (χ0v) is 14.4. The summed E-state index contributed by atoms with van der Waals surface area (Å²) in [5, 5.41) is 22.5. The quantitative estimate of drug-likeness (QED) is 0.496. The summed E-state index contributed by atoms with van der Waals surface area (Å²) in [5.74, 6) is 0. The predicted octanol–water partition coefficient (Wildman–Crippen LogP) is 4.71. The molecule has 0 amide bonds. The largest absolute Gasteiger partial charge is 0.363 e. The van der Waals surface area contributed by atoms with Gasteiger partial charge in [0, 0.05) is 37.0 Å². The van der Waals surface area contributed by atoms with E-state index in [1.54, 1.807) is 24.3 Å². The van der Waals surface area contributed by atoms with Crippen LogP contribution >= 0.6 is 0 Å². The average molecular weight is 361 g/mol. The molecule has 0 aliphatic heterocycles. The molecule has 1 aliphatic carbocycles. The number of anilines is 1. The van der Waals surface area contributed by atoms with Crippen molar-refractivity contribution in [2.24, 2.45) is 0 Å². The van der Waals surface area contributed by atoms with Crippen molar-refractivity contribution >= 4 is 17.1 Å². The minimum Gasteiger partial charge on any atom is -0.363 e. The molecule has 0 aromatic heterocycles. The van der Waals surface area contributed by atoms with Crippen LogP contribution in [0.2, 0.25) is 0 Å². The lowest BCUT2D eigenvalue weighted by atomic mass is 10.0. The second-order valence-corrected chi connectivity index (χ2v) is 6.41. The molecule has 0 spiro atoms. The number of non-ortho nitro benzene ring substituents is 2. The van der Waals surface area contributed by atoms with Gasteiger partial charge in [0.1, 0.15) is 0 Å². The maximum Gasteiger partial charge on any atom is 0.269 e. The van der Waals surface area contributed by atoms with E-state index in [9.17, 15) is 20.2 Å². The number of nitrogens with zero attached hydrogens (tertiary/aromatic N) is 3. The molecule has 0 N–H and O–H groups in total. The van der Waals surface area contributed by atoms with Crippen LogP contribution in [0.3, 0.4) is 0 Å². The first-order valence-electron chi connectivity index (χ1n) is 8.32. The van der Waals surface area contributed by atoms with Crippen LogP contribution in [-0.2, 0) is 0 Å². The SMILES string of the molecule is CN(c1ccccc1)C1c2cc([N+](=O)[O-])ccc2-c2ccc([N+](=O)[O-])cc21. The second-order valence-electron chi connectivity index (χ2n) is 6.41. The molecule has 0 radical (unpaired) electrons. The number of hydrogen-bond donors (Lipinski definition) is 0. The van der Waals surface area contributed by atoms with Crippen molar-refractivity contribution in [1.82, 2.24) is 0 Å². The van der Waals surface area contributed by atoms with Gasteiger partial charge in [-0.15, -0.1) is 0 Å². The van der Waals surface area contributed by atoms with Gasteiger partial charge in [-0.05, 0) is 46.5 Å². The molecule has 0 saturated heterocycles. The summed E-state index contributed by atoms with van der Waals surface area (Å²) in [6.45, 7) is 0. The van der Waals surface area contributed by atoms with E-state index < -0.39 is 9.85 Å². The summed E-state index contributed by atoms with van der Waals surface area (Å²) in [6.07, 6.45) is 0. The van der Waals surface area contributed by atoms with Crippen molar-refractivity contribution in [3.05, 3.63) is 98.1 Å². The fraction of sp³-hybridized carbons (Fsp3) is 0.100.